The number of esters is 2. The molecule has 0 aromatic carbocycles. The fourth-order valence-electron chi connectivity index (χ4n) is 6.97. The summed E-state index contributed by atoms with van der Waals surface area (Å²) < 4.78 is 57.8. The first-order chi connectivity index (χ1) is 28.2. The van der Waals surface area contributed by atoms with Crippen LogP contribution in [0.25, 0.3) is 0 Å². The Kier molecular flexibility index (Phi) is 28.6. The van der Waals surface area contributed by atoms with Crippen molar-refractivity contribution in [3.8, 4) is 0 Å². The van der Waals surface area contributed by atoms with Crippen molar-refractivity contribution in [2.75, 3.05) is 60.7 Å². The van der Waals surface area contributed by atoms with Crippen molar-refractivity contribution in [2.24, 2.45) is 0 Å². The number of likely N-dealkylation sites (N-methyl/N-ethyl adjacent to an activating group) is 1. The number of unbranched alkanes of at least 4 members (excludes halogenated alkanes) is 16. The van der Waals surface area contributed by atoms with Crippen molar-refractivity contribution >= 4 is 19.8 Å². The SMILES string of the molecule is CCCCCCCCCCCCCCCC(=O)OC[C@@H](COP(=O)([O-])OCC[N+](C)(C)C)OC(=O)CCCCCCCC(/C=C/[C@H]1COC(C)(C)O1)OC1CCCCO1. The van der Waals surface area contributed by atoms with E-state index >= 15 is 0 Å². The van der Waals surface area contributed by atoms with Crippen LogP contribution in [0.1, 0.15) is 175 Å². The third kappa shape index (κ3) is 30.3. The first-order valence-electron chi connectivity index (χ1n) is 23.2. The minimum absolute atomic E-state index is 0.0501. The second-order valence-electron chi connectivity index (χ2n) is 17.9. The van der Waals surface area contributed by atoms with Gasteiger partial charge in [0.25, 0.3) is 7.82 Å². The zero-order chi connectivity index (χ0) is 43.2. The van der Waals surface area contributed by atoms with Crippen LogP contribution in [0.3, 0.4) is 0 Å². The van der Waals surface area contributed by atoms with E-state index in [1.165, 1.54) is 64.2 Å². The van der Waals surface area contributed by atoms with E-state index in [1.54, 1.807) is 0 Å². The molecule has 2 aliphatic rings. The highest BCUT2D eigenvalue weighted by molar-refractivity contribution is 7.45. The van der Waals surface area contributed by atoms with Crippen LogP contribution in [0.15, 0.2) is 12.2 Å². The largest absolute Gasteiger partial charge is 0.756 e. The molecule has 0 bridgehead atoms. The maximum atomic E-state index is 12.8. The highest BCUT2D eigenvalue weighted by Gasteiger charge is 2.31. The monoisotopic (exact) mass is 862 g/mol. The van der Waals surface area contributed by atoms with Crippen LogP contribution in [0.2, 0.25) is 0 Å². The normalized spacial score (nSPS) is 20.4. The number of phosphoric ester groups is 1. The van der Waals surface area contributed by atoms with Crippen LogP contribution in [0, 0.1) is 0 Å². The van der Waals surface area contributed by atoms with Gasteiger partial charge < -0.3 is 46.8 Å². The predicted molar refractivity (Wildman–Crippen MR) is 228 cm³/mol. The average molecular weight is 862 g/mol. The average Bonchev–Trinajstić information content (AvgIpc) is 3.53. The van der Waals surface area contributed by atoms with Gasteiger partial charge in [0.05, 0.1) is 40.5 Å². The van der Waals surface area contributed by atoms with E-state index in [2.05, 4.69) is 13.0 Å². The van der Waals surface area contributed by atoms with Gasteiger partial charge in [-0.3, -0.25) is 14.2 Å². The Balaban J connectivity index is 1.71. The molecule has 0 amide bonds. The van der Waals surface area contributed by atoms with Crippen LogP contribution in [0.4, 0.5) is 0 Å². The second kappa shape index (κ2) is 31.4. The topological polar surface area (TPSA) is 148 Å². The van der Waals surface area contributed by atoms with E-state index in [0.717, 1.165) is 77.2 Å². The lowest BCUT2D eigenvalue weighted by molar-refractivity contribution is -0.870. The van der Waals surface area contributed by atoms with Gasteiger partial charge in [-0.1, -0.05) is 122 Å². The molecule has 0 spiro atoms. The molecule has 0 aromatic heterocycles. The first kappa shape index (κ1) is 53.7. The summed E-state index contributed by atoms with van der Waals surface area (Å²) in [6, 6.07) is 0. The van der Waals surface area contributed by atoms with E-state index in [4.69, 9.17) is 37.5 Å². The molecular formula is C45H84NO12P. The van der Waals surface area contributed by atoms with Crippen LogP contribution in [-0.2, 0) is 51.6 Å². The molecule has 2 rings (SSSR count). The van der Waals surface area contributed by atoms with Gasteiger partial charge in [0.1, 0.15) is 25.9 Å². The second-order valence-corrected chi connectivity index (χ2v) is 19.3. The van der Waals surface area contributed by atoms with Crippen molar-refractivity contribution in [1.82, 2.24) is 0 Å². The fraction of sp³-hybridized carbons (Fsp3) is 0.911. The van der Waals surface area contributed by atoms with E-state index in [0.29, 0.717) is 24.1 Å². The highest BCUT2D eigenvalue weighted by Crippen LogP contribution is 2.38. The van der Waals surface area contributed by atoms with Gasteiger partial charge in [-0.15, -0.1) is 0 Å². The lowest BCUT2D eigenvalue weighted by Crippen LogP contribution is -2.37. The molecule has 0 aliphatic carbocycles. The summed E-state index contributed by atoms with van der Waals surface area (Å²) in [6.07, 6.45) is 27.0. The zero-order valence-electron chi connectivity index (χ0n) is 38.0. The third-order valence-corrected chi connectivity index (χ3v) is 11.5. The Hall–Kier alpha value is -1.41. The van der Waals surface area contributed by atoms with Gasteiger partial charge in [-0.05, 0) is 52.4 Å². The number of quaternary nitrogens is 1. The number of carbonyl (C=O) groups is 2. The number of carbonyl (C=O) groups excluding carboxylic acids is 2. The molecule has 59 heavy (non-hydrogen) atoms. The van der Waals surface area contributed by atoms with E-state index < -0.39 is 38.3 Å². The van der Waals surface area contributed by atoms with Gasteiger partial charge in [0.2, 0.25) is 0 Å². The molecule has 5 atom stereocenters. The molecule has 0 N–H and O–H groups in total. The minimum Gasteiger partial charge on any atom is -0.756 e. The smallest absolute Gasteiger partial charge is 0.306 e. The van der Waals surface area contributed by atoms with Crippen molar-refractivity contribution in [3.05, 3.63) is 12.2 Å². The van der Waals surface area contributed by atoms with Gasteiger partial charge in [0.15, 0.2) is 18.2 Å². The molecule has 0 saturated carbocycles. The molecule has 2 fully saturated rings. The minimum atomic E-state index is -4.66. The van der Waals surface area contributed by atoms with Crippen LogP contribution in [-0.4, -0.2) is 108 Å². The van der Waals surface area contributed by atoms with Gasteiger partial charge in [-0.2, -0.15) is 0 Å². The van der Waals surface area contributed by atoms with E-state index in [-0.39, 0.29) is 44.6 Å². The lowest BCUT2D eigenvalue weighted by Gasteiger charge is -2.28. The summed E-state index contributed by atoms with van der Waals surface area (Å²) in [7, 11) is 1.10. The summed E-state index contributed by atoms with van der Waals surface area (Å²) in [5.41, 5.74) is 0. The van der Waals surface area contributed by atoms with Crippen molar-refractivity contribution in [1.29, 1.82) is 0 Å². The molecule has 14 heteroatoms. The standard InChI is InChI=1S/C45H84NO12P/c1-7-8-9-10-11-12-13-14-15-16-17-20-23-28-42(47)52-36-41(38-55-59(49,50)54-35-33-46(4,5)6)56-43(48)29-24-21-18-19-22-27-39(57-44-30-25-26-34-51-44)31-32-40-37-53-45(2,3)58-40/h31-32,39-41,44H,7-30,33-38H2,1-6H3/b32-31+/t39?,40-,41-,44?/m0/s1. The molecule has 0 aromatic rings. The fourth-order valence-corrected chi connectivity index (χ4v) is 7.70. The third-order valence-electron chi connectivity index (χ3n) is 10.5. The van der Waals surface area contributed by atoms with Crippen molar-refractivity contribution in [2.45, 2.75) is 205 Å². The summed E-state index contributed by atoms with van der Waals surface area (Å²) >= 11 is 0. The molecule has 13 nitrogen and oxygen atoms in total. The maximum Gasteiger partial charge on any atom is 0.306 e. The maximum absolute atomic E-state index is 12.8. The molecule has 0 radical (unpaired) electrons. The first-order valence-corrected chi connectivity index (χ1v) is 24.7. The van der Waals surface area contributed by atoms with Gasteiger partial charge in [-0.25, -0.2) is 0 Å². The Morgan fingerprint density at radius 2 is 1.41 bits per heavy atom. The van der Waals surface area contributed by atoms with Crippen LogP contribution in [0.5, 0.6) is 0 Å². The Labute approximate surface area is 358 Å². The van der Waals surface area contributed by atoms with Gasteiger partial charge >= 0.3 is 11.9 Å². The number of nitrogens with zero attached hydrogens (tertiary/aromatic N) is 1. The Bertz CT molecular complexity index is 1170. The quantitative estimate of drug-likeness (QED) is 0.0194. The molecule has 2 aliphatic heterocycles. The van der Waals surface area contributed by atoms with Crippen LogP contribution >= 0.6 is 7.82 Å². The molecular weight excluding hydrogens is 777 g/mol. The van der Waals surface area contributed by atoms with Crippen molar-refractivity contribution in [3.63, 3.8) is 0 Å². The predicted octanol–water partition coefficient (Wildman–Crippen LogP) is 9.48. The highest BCUT2D eigenvalue weighted by atomic mass is 31.2. The number of hydrogen-bond acceptors (Lipinski definition) is 12. The summed E-state index contributed by atoms with van der Waals surface area (Å²) in [5, 5.41) is 0. The summed E-state index contributed by atoms with van der Waals surface area (Å²) in [6.45, 7) is 6.93. The lowest BCUT2D eigenvalue weighted by atomic mass is 10.0. The van der Waals surface area contributed by atoms with E-state index in [9.17, 15) is 19.0 Å². The number of phosphoric acid groups is 1. The van der Waals surface area contributed by atoms with Gasteiger partial charge in [0, 0.05) is 19.4 Å². The number of hydrogen-bond donors (Lipinski definition) is 0. The van der Waals surface area contributed by atoms with Crippen molar-refractivity contribution < 1.29 is 61.0 Å². The summed E-state index contributed by atoms with van der Waals surface area (Å²) in [4.78, 5) is 37.9. The number of ether oxygens (including phenoxy) is 6. The number of rotatable bonds is 36. The van der Waals surface area contributed by atoms with Crippen LogP contribution < -0.4 is 4.89 Å². The molecule has 2 saturated heterocycles. The molecule has 2 heterocycles. The Morgan fingerprint density at radius 1 is 0.814 bits per heavy atom. The zero-order valence-corrected chi connectivity index (χ0v) is 38.9. The Morgan fingerprint density at radius 3 is 1.97 bits per heavy atom. The summed E-state index contributed by atoms with van der Waals surface area (Å²) in [5.74, 6) is -1.48. The van der Waals surface area contributed by atoms with E-state index in [1.807, 2.05) is 41.1 Å². The molecule has 3 unspecified atom stereocenters. The molecule has 346 valence electrons.